The monoisotopic (exact) mass is 414 g/mol. The van der Waals surface area contributed by atoms with E-state index in [0.29, 0.717) is 11.1 Å². The molecule has 1 nitrogen and oxygen atoms in total. The first-order chi connectivity index (χ1) is 13.3. The quantitative estimate of drug-likeness (QED) is 0.348. The summed E-state index contributed by atoms with van der Waals surface area (Å²) in [6.07, 6.45) is -5.72. The maximum Gasteiger partial charge on any atom is 0.394 e. The maximum atomic E-state index is 15.0. The van der Waals surface area contributed by atoms with Crippen LogP contribution in [0.5, 0.6) is 0 Å². The highest BCUT2D eigenvalue weighted by molar-refractivity contribution is 6.88. The predicted molar refractivity (Wildman–Crippen MR) is 109 cm³/mol. The Labute approximate surface area is 169 Å². The Kier molecular flexibility index (Phi) is 5.10. The van der Waals surface area contributed by atoms with Crippen molar-refractivity contribution in [1.29, 1.82) is 0 Å². The molecule has 154 valence electrons. The van der Waals surface area contributed by atoms with Gasteiger partial charge in [0.2, 0.25) is 5.69 Å². The van der Waals surface area contributed by atoms with Gasteiger partial charge < -0.3 is 0 Å². The highest BCUT2D eigenvalue weighted by Gasteiger charge is 2.47. The lowest BCUT2D eigenvalue weighted by atomic mass is 9.84. The van der Waals surface area contributed by atoms with Gasteiger partial charge in [-0.25, -0.2) is 8.96 Å². The number of pyridine rings is 1. The molecule has 0 spiro atoms. The lowest BCUT2D eigenvalue weighted by molar-refractivity contribution is -0.659. The number of aryl methyl sites for hydroxylation is 3. The third kappa shape index (κ3) is 4.48. The molecule has 0 amide bonds. The SMILES string of the molecule is [2H]C([2H])(c1cc(C)c(-c2cc(C)c([Si](C)(C)C)c[n+]2C)cc1F)C(C)(C)C(F)(F)F. The zero-order valence-electron chi connectivity index (χ0n) is 19.8. The Hall–Kier alpha value is -1.69. The normalized spacial score (nSPS) is 14.7. The van der Waals surface area contributed by atoms with Crippen LogP contribution in [0, 0.1) is 25.1 Å². The highest BCUT2D eigenvalue weighted by atomic mass is 28.3. The van der Waals surface area contributed by atoms with Gasteiger partial charge in [-0.05, 0) is 43.0 Å². The summed E-state index contributed by atoms with van der Waals surface area (Å²) in [4.78, 5) is 0. The summed E-state index contributed by atoms with van der Waals surface area (Å²) in [5.41, 5.74) is -0.472. The summed E-state index contributed by atoms with van der Waals surface area (Å²) in [6, 6.07) is 4.32. The van der Waals surface area contributed by atoms with E-state index in [4.69, 9.17) is 2.74 Å². The van der Waals surface area contributed by atoms with Crippen LogP contribution in [0.3, 0.4) is 0 Å². The number of nitrogens with zero attached hydrogens (tertiary/aromatic N) is 1. The lowest BCUT2D eigenvalue weighted by Crippen LogP contribution is -2.46. The van der Waals surface area contributed by atoms with Crippen LogP contribution < -0.4 is 9.75 Å². The fourth-order valence-electron chi connectivity index (χ4n) is 3.26. The van der Waals surface area contributed by atoms with Crippen LogP contribution >= 0.6 is 0 Å². The van der Waals surface area contributed by atoms with Crippen molar-refractivity contribution >= 4 is 13.3 Å². The second-order valence-corrected chi connectivity index (χ2v) is 14.0. The van der Waals surface area contributed by atoms with Gasteiger partial charge in [-0.2, -0.15) is 13.2 Å². The number of rotatable bonds is 4. The van der Waals surface area contributed by atoms with Gasteiger partial charge in [0.25, 0.3) is 0 Å². The van der Waals surface area contributed by atoms with E-state index in [0.717, 1.165) is 31.2 Å². The van der Waals surface area contributed by atoms with Gasteiger partial charge in [-0.1, -0.05) is 39.6 Å². The summed E-state index contributed by atoms with van der Waals surface area (Å²) in [5, 5.41) is 1.27. The number of hydrogen-bond acceptors (Lipinski definition) is 0. The Balaban J connectivity index is 2.67. The zero-order chi connectivity index (χ0) is 23.4. The Morgan fingerprint density at radius 1 is 1.04 bits per heavy atom. The van der Waals surface area contributed by atoms with Crippen molar-refractivity contribution in [2.45, 2.75) is 59.9 Å². The molecule has 0 aliphatic heterocycles. The molecule has 0 aliphatic carbocycles. The Morgan fingerprint density at radius 2 is 1.61 bits per heavy atom. The van der Waals surface area contributed by atoms with E-state index in [1.54, 1.807) is 6.92 Å². The van der Waals surface area contributed by atoms with Crippen LogP contribution in [-0.2, 0) is 13.4 Å². The largest absolute Gasteiger partial charge is 0.394 e. The van der Waals surface area contributed by atoms with Crippen LogP contribution in [0.25, 0.3) is 11.3 Å². The average molecular weight is 415 g/mol. The van der Waals surface area contributed by atoms with Gasteiger partial charge in [0.05, 0.1) is 19.1 Å². The molecule has 0 bridgehead atoms. The topological polar surface area (TPSA) is 3.88 Å². The molecule has 2 rings (SSSR count). The first-order valence-corrected chi connectivity index (χ1v) is 12.7. The van der Waals surface area contributed by atoms with Crippen molar-refractivity contribution in [2.24, 2.45) is 12.5 Å². The summed E-state index contributed by atoms with van der Waals surface area (Å²) in [7, 11) is 0.275. The summed E-state index contributed by atoms with van der Waals surface area (Å²) in [6.45, 7) is 11.9. The molecule has 0 saturated heterocycles. The van der Waals surface area contributed by atoms with Crippen molar-refractivity contribution in [3.8, 4) is 11.3 Å². The van der Waals surface area contributed by atoms with Crippen LogP contribution in [0.2, 0.25) is 19.6 Å². The van der Waals surface area contributed by atoms with E-state index in [9.17, 15) is 13.2 Å². The van der Waals surface area contributed by atoms with E-state index < -0.39 is 37.4 Å². The minimum atomic E-state index is -4.83. The number of hydrogen-bond donors (Lipinski definition) is 0. The summed E-state index contributed by atoms with van der Waals surface area (Å²) >= 11 is 0. The van der Waals surface area contributed by atoms with Gasteiger partial charge >= 0.3 is 6.18 Å². The maximum absolute atomic E-state index is 15.0. The fourth-order valence-corrected chi connectivity index (χ4v) is 5.10. The molecule has 1 aromatic heterocycles. The van der Waals surface area contributed by atoms with Gasteiger partial charge in [0.1, 0.15) is 12.9 Å². The summed E-state index contributed by atoms with van der Waals surface area (Å²) in [5.74, 6) is -0.982. The molecule has 0 atom stereocenters. The van der Waals surface area contributed by atoms with Crippen LogP contribution in [0.15, 0.2) is 24.4 Å². The van der Waals surface area contributed by atoms with Gasteiger partial charge in [0, 0.05) is 14.0 Å². The first kappa shape index (κ1) is 19.6. The van der Waals surface area contributed by atoms with Gasteiger partial charge in [0.15, 0.2) is 6.20 Å². The molecule has 0 N–H and O–H groups in total. The molecule has 1 aromatic carbocycles. The van der Waals surface area contributed by atoms with Crippen molar-refractivity contribution in [1.82, 2.24) is 0 Å². The second kappa shape index (κ2) is 7.28. The minimum absolute atomic E-state index is 0.518. The van der Waals surface area contributed by atoms with Crippen molar-refractivity contribution in [3.05, 3.63) is 46.9 Å². The fraction of sp³-hybridized carbons (Fsp3) is 0.500. The highest BCUT2D eigenvalue weighted by Crippen LogP contribution is 2.41. The van der Waals surface area contributed by atoms with E-state index in [2.05, 4.69) is 19.6 Å². The Bertz CT molecular complexity index is 977. The van der Waals surface area contributed by atoms with E-state index in [1.807, 2.05) is 30.8 Å². The molecule has 6 heteroatoms. The second-order valence-electron chi connectivity index (χ2n) is 9.01. The minimum Gasteiger partial charge on any atom is -0.207 e. The van der Waals surface area contributed by atoms with Gasteiger partial charge in [-0.15, -0.1) is 0 Å². The predicted octanol–water partition coefficient (Wildman–Crippen LogP) is 5.61. The third-order valence-corrected chi connectivity index (χ3v) is 7.17. The lowest BCUT2D eigenvalue weighted by Gasteiger charge is -2.28. The van der Waals surface area contributed by atoms with Crippen molar-refractivity contribution in [3.63, 3.8) is 0 Å². The zero-order valence-corrected chi connectivity index (χ0v) is 18.8. The van der Waals surface area contributed by atoms with Crippen LogP contribution in [-0.4, -0.2) is 14.3 Å². The van der Waals surface area contributed by atoms with E-state index >= 15 is 4.39 Å². The van der Waals surface area contributed by atoms with Crippen LogP contribution in [0.1, 0.15) is 33.3 Å². The average Bonchev–Trinajstić information content (AvgIpc) is 2.56. The summed E-state index contributed by atoms with van der Waals surface area (Å²) < 4.78 is 73.5. The number of alkyl halides is 3. The molecule has 0 fully saturated rings. The first-order valence-electron chi connectivity index (χ1n) is 10.2. The smallest absolute Gasteiger partial charge is 0.207 e. The molecule has 28 heavy (non-hydrogen) atoms. The standard InChI is InChI=1S/C22H30F4NSi/c1-14-9-16(12-21(3,4)22(24,25)26)18(23)11-17(14)19-10-15(2)20(13-27(19)5)28(6,7)8/h9-11,13H,12H2,1-8H3/q+1/i12D2. The number of benzene rings is 1. The molecular weight excluding hydrogens is 382 g/mol. The Morgan fingerprint density at radius 3 is 2.11 bits per heavy atom. The molecule has 0 aliphatic rings. The molecular formula is C22H30F4NSi+. The molecule has 0 unspecified atom stereocenters. The van der Waals surface area contributed by atoms with Gasteiger partial charge in [-0.3, -0.25) is 0 Å². The van der Waals surface area contributed by atoms with E-state index in [1.165, 1.54) is 11.3 Å². The molecule has 1 heterocycles. The van der Waals surface area contributed by atoms with Crippen molar-refractivity contribution in [2.75, 3.05) is 0 Å². The molecule has 0 radical (unpaired) electrons. The molecule has 2 aromatic rings. The van der Waals surface area contributed by atoms with Crippen LogP contribution in [0.4, 0.5) is 17.6 Å². The van der Waals surface area contributed by atoms with Crippen molar-refractivity contribution < 1.29 is 24.9 Å². The number of halogens is 4. The third-order valence-electron chi connectivity index (χ3n) is 5.03. The molecule has 0 saturated carbocycles. The number of aromatic nitrogens is 1. The van der Waals surface area contributed by atoms with E-state index in [-0.39, 0.29) is 0 Å².